The van der Waals surface area contributed by atoms with Crippen molar-refractivity contribution in [1.29, 1.82) is 0 Å². The predicted octanol–water partition coefficient (Wildman–Crippen LogP) is 4.61. The van der Waals surface area contributed by atoms with Crippen LogP contribution >= 0.6 is 23.4 Å². The summed E-state index contributed by atoms with van der Waals surface area (Å²) in [6.45, 7) is 0. The van der Waals surface area contributed by atoms with Crippen molar-refractivity contribution in [3.05, 3.63) is 57.7 Å². The van der Waals surface area contributed by atoms with Crippen LogP contribution in [0.2, 0.25) is 5.02 Å². The highest BCUT2D eigenvalue weighted by Crippen LogP contribution is 2.33. The largest absolute Gasteiger partial charge is 0.496 e. The Morgan fingerprint density at radius 2 is 1.78 bits per heavy atom. The van der Waals surface area contributed by atoms with Crippen LogP contribution in [-0.2, 0) is 0 Å². The summed E-state index contributed by atoms with van der Waals surface area (Å²) in [4.78, 5) is 13.3. The van der Waals surface area contributed by atoms with Crippen molar-refractivity contribution >= 4 is 34.3 Å². The summed E-state index contributed by atoms with van der Waals surface area (Å²) in [5, 5.41) is 1.54. The van der Waals surface area contributed by atoms with Gasteiger partial charge in [0.25, 0.3) is 0 Å². The monoisotopic (exact) mass is 348 g/mol. The average Bonchev–Trinajstić information content (AvgIpc) is 2.55. The molecule has 23 heavy (non-hydrogen) atoms. The van der Waals surface area contributed by atoms with Gasteiger partial charge in [0.15, 0.2) is 10.5 Å². The van der Waals surface area contributed by atoms with Gasteiger partial charge in [-0.05, 0) is 24.3 Å². The predicted molar refractivity (Wildman–Crippen MR) is 91.2 cm³/mol. The summed E-state index contributed by atoms with van der Waals surface area (Å²) in [5.74, 6) is 0.988. The average molecular weight is 349 g/mol. The highest BCUT2D eigenvalue weighted by Gasteiger charge is 2.13. The van der Waals surface area contributed by atoms with E-state index in [1.54, 1.807) is 31.4 Å². The van der Waals surface area contributed by atoms with E-state index in [0.29, 0.717) is 32.6 Å². The van der Waals surface area contributed by atoms with Gasteiger partial charge < -0.3 is 13.9 Å². The lowest BCUT2D eigenvalue weighted by Crippen LogP contribution is -2.03. The standard InChI is InChI=1S/C17H13ClO4S/c1-20-11-7-14(21-2)17-13(19)9-16(22-15(17)8-11)23-12-5-3-10(18)4-6-12/h3-9H,1-2H3. The number of rotatable bonds is 4. The Morgan fingerprint density at radius 1 is 1.04 bits per heavy atom. The first-order chi connectivity index (χ1) is 11.1. The molecule has 0 fully saturated rings. The zero-order chi connectivity index (χ0) is 16.4. The van der Waals surface area contributed by atoms with Gasteiger partial charge in [0, 0.05) is 28.1 Å². The Hall–Kier alpha value is -2.11. The molecule has 0 atom stereocenters. The maximum Gasteiger partial charge on any atom is 0.197 e. The van der Waals surface area contributed by atoms with Crippen LogP contribution in [0.3, 0.4) is 0 Å². The molecule has 4 nitrogen and oxygen atoms in total. The summed E-state index contributed by atoms with van der Waals surface area (Å²) in [5.41, 5.74) is 0.257. The van der Waals surface area contributed by atoms with E-state index >= 15 is 0 Å². The van der Waals surface area contributed by atoms with E-state index in [2.05, 4.69) is 0 Å². The zero-order valence-corrected chi connectivity index (χ0v) is 14.0. The molecule has 0 aliphatic carbocycles. The molecule has 1 heterocycles. The highest BCUT2D eigenvalue weighted by atomic mass is 35.5. The molecule has 0 unspecified atom stereocenters. The van der Waals surface area contributed by atoms with E-state index in [1.165, 1.54) is 24.9 Å². The molecule has 2 aromatic carbocycles. The molecule has 0 aliphatic rings. The molecule has 0 saturated heterocycles. The number of hydrogen-bond donors (Lipinski definition) is 0. The Bertz CT molecular complexity index is 903. The molecule has 1 aromatic heterocycles. The lowest BCUT2D eigenvalue weighted by Gasteiger charge is -2.09. The molecule has 3 aromatic rings. The first-order valence-corrected chi connectivity index (χ1v) is 7.93. The second-order valence-corrected chi connectivity index (χ2v) is 6.20. The fourth-order valence-corrected chi connectivity index (χ4v) is 3.08. The maximum absolute atomic E-state index is 12.4. The Labute approximate surface area is 142 Å². The van der Waals surface area contributed by atoms with Crippen LogP contribution in [0.5, 0.6) is 11.5 Å². The minimum absolute atomic E-state index is 0.165. The van der Waals surface area contributed by atoms with Gasteiger partial charge in [0.05, 0.1) is 14.2 Å². The van der Waals surface area contributed by atoms with Gasteiger partial charge in [0.1, 0.15) is 22.5 Å². The first kappa shape index (κ1) is 15.8. The molecule has 0 aliphatic heterocycles. The lowest BCUT2D eigenvalue weighted by molar-refractivity contribution is 0.394. The number of hydrogen-bond acceptors (Lipinski definition) is 5. The normalized spacial score (nSPS) is 10.7. The third-order valence-electron chi connectivity index (χ3n) is 3.23. The van der Waals surface area contributed by atoms with E-state index in [4.69, 9.17) is 25.5 Å². The fraction of sp³-hybridized carbons (Fsp3) is 0.118. The minimum atomic E-state index is -0.165. The molecular weight excluding hydrogens is 336 g/mol. The van der Waals surface area contributed by atoms with Gasteiger partial charge in [-0.3, -0.25) is 4.79 Å². The summed E-state index contributed by atoms with van der Waals surface area (Å²) >= 11 is 7.22. The topological polar surface area (TPSA) is 48.7 Å². The third-order valence-corrected chi connectivity index (χ3v) is 4.40. The summed E-state index contributed by atoms with van der Waals surface area (Å²) in [6.07, 6.45) is 0. The molecule has 0 saturated carbocycles. The quantitative estimate of drug-likeness (QED) is 0.688. The van der Waals surface area contributed by atoms with Crippen molar-refractivity contribution in [3.63, 3.8) is 0 Å². The number of fused-ring (bicyclic) bond motifs is 1. The molecule has 0 bridgehead atoms. The van der Waals surface area contributed by atoms with Gasteiger partial charge in [-0.1, -0.05) is 23.4 Å². The van der Waals surface area contributed by atoms with Crippen LogP contribution in [0.4, 0.5) is 0 Å². The molecule has 118 valence electrons. The van der Waals surface area contributed by atoms with Crippen molar-refractivity contribution in [2.75, 3.05) is 14.2 Å². The third kappa shape index (κ3) is 3.30. The Morgan fingerprint density at radius 3 is 2.43 bits per heavy atom. The molecular formula is C17H13ClO4S. The molecule has 6 heteroatoms. The summed E-state index contributed by atoms with van der Waals surface area (Å²) < 4.78 is 16.3. The second kappa shape index (κ2) is 6.56. The maximum atomic E-state index is 12.4. The number of ether oxygens (including phenoxy) is 2. The number of methoxy groups -OCH3 is 2. The van der Waals surface area contributed by atoms with Crippen molar-refractivity contribution in [3.8, 4) is 11.5 Å². The number of benzene rings is 2. The van der Waals surface area contributed by atoms with Crippen molar-refractivity contribution in [1.82, 2.24) is 0 Å². The van der Waals surface area contributed by atoms with Gasteiger partial charge in [-0.25, -0.2) is 0 Å². The minimum Gasteiger partial charge on any atom is -0.496 e. The molecule has 3 rings (SSSR count). The van der Waals surface area contributed by atoms with Crippen molar-refractivity contribution in [2.45, 2.75) is 9.99 Å². The van der Waals surface area contributed by atoms with Crippen molar-refractivity contribution < 1.29 is 13.9 Å². The van der Waals surface area contributed by atoms with E-state index in [1.807, 2.05) is 12.1 Å². The second-order valence-electron chi connectivity index (χ2n) is 4.69. The highest BCUT2D eigenvalue weighted by molar-refractivity contribution is 7.99. The van der Waals surface area contributed by atoms with E-state index < -0.39 is 0 Å². The van der Waals surface area contributed by atoms with Gasteiger partial charge in [0.2, 0.25) is 0 Å². The van der Waals surface area contributed by atoms with E-state index in [9.17, 15) is 4.79 Å². The van der Waals surface area contributed by atoms with Crippen molar-refractivity contribution in [2.24, 2.45) is 0 Å². The van der Waals surface area contributed by atoms with Gasteiger partial charge in [-0.15, -0.1) is 0 Å². The Balaban J connectivity index is 2.09. The summed E-state index contributed by atoms with van der Waals surface area (Å²) in [6, 6.07) is 12.1. The molecule has 0 N–H and O–H groups in total. The Kier molecular flexibility index (Phi) is 4.50. The molecule has 0 spiro atoms. The first-order valence-electron chi connectivity index (χ1n) is 6.74. The van der Waals surface area contributed by atoms with Crippen LogP contribution < -0.4 is 14.9 Å². The number of halogens is 1. The smallest absolute Gasteiger partial charge is 0.197 e. The molecule has 0 radical (unpaired) electrons. The van der Waals surface area contributed by atoms with Crippen LogP contribution in [-0.4, -0.2) is 14.2 Å². The summed E-state index contributed by atoms with van der Waals surface area (Å²) in [7, 11) is 3.05. The van der Waals surface area contributed by atoms with Gasteiger partial charge >= 0.3 is 0 Å². The van der Waals surface area contributed by atoms with Crippen LogP contribution in [0.1, 0.15) is 0 Å². The lowest BCUT2D eigenvalue weighted by atomic mass is 10.2. The molecule has 0 amide bonds. The SMILES string of the molecule is COc1cc(OC)c2c(=O)cc(Sc3ccc(Cl)cc3)oc2c1. The van der Waals surface area contributed by atoms with Crippen LogP contribution in [0.25, 0.3) is 11.0 Å². The van der Waals surface area contributed by atoms with Crippen LogP contribution in [0, 0.1) is 0 Å². The van der Waals surface area contributed by atoms with E-state index in [0.717, 1.165) is 4.90 Å². The van der Waals surface area contributed by atoms with Gasteiger partial charge in [-0.2, -0.15) is 0 Å². The zero-order valence-electron chi connectivity index (χ0n) is 12.5. The fourth-order valence-electron chi connectivity index (χ4n) is 2.15. The van der Waals surface area contributed by atoms with Crippen LogP contribution in [0.15, 0.2) is 61.7 Å². The van der Waals surface area contributed by atoms with E-state index in [-0.39, 0.29) is 5.43 Å².